The molecule has 1 nitrogen and oxygen atoms in total. The molecule has 1 heterocycles. The van der Waals surface area contributed by atoms with E-state index in [0.717, 1.165) is 22.3 Å². The molecule has 0 spiro atoms. The van der Waals surface area contributed by atoms with Crippen LogP contribution >= 0.6 is 11.3 Å². The summed E-state index contributed by atoms with van der Waals surface area (Å²) >= 11 is 1.58. The van der Waals surface area contributed by atoms with Crippen molar-refractivity contribution in [2.45, 2.75) is 20.8 Å². The van der Waals surface area contributed by atoms with Gasteiger partial charge in [-0.1, -0.05) is 59.7 Å². The van der Waals surface area contributed by atoms with Gasteiger partial charge in [0.2, 0.25) is 0 Å². The molecule has 0 N–H and O–H groups in total. The molecular formula is C20H18OS. The van der Waals surface area contributed by atoms with Crippen molar-refractivity contribution in [2.75, 3.05) is 0 Å². The van der Waals surface area contributed by atoms with E-state index in [0.29, 0.717) is 0 Å². The standard InChI is InChI=1S/C20H18OS/c1-13-4-8-16(9-5-13)19-15(3)20(22-18(19)12-21)17-10-6-14(2)7-11-17/h4-12H,1-3H3. The summed E-state index contributed by atoms with van der Waals surface area (Å²) in [6.07, 6.45) is 0.977. The molecule has 3 rings (SSSR count). The first-order valence-corrected chi connectivity index (χ1v) is 8.14. The maximum Gasteiger partial charge on any atom is 0.160 e. The van der Waals surface area contributed by atoms with Gasteiger partial charge in [-0.2, -0.15) is 0 Å². The summed E-state index contributed by atoms with van der Waals surface area (Å²) < 4.78 is 0. The Morgan fingerprint density at radius 1 is 0.773 bits per heavy atom. The highest BCUT2D eigenvalue weighted by molar-refractivity contribution is 7.17. The van der Waals surface area contributed by atoms with Crippen molar-refractivity contribution in [3.8, 4) is 21.6 Å². The third-order valence-electron chi connectivity index (χ3n) is 3.94. The van der Waals surface area contributed by atoms with Gasteiger partial charge in [-0.25, -0.2) is 0 Å². The van der Waals surface area contributed by atoms with E-state index in [1.54, 1.807) is 11.3 Å². The van der Waals surface area contributed by atoms with Crippen molar-refractivity contribution < 1.29 is 4.79 Å². The van der Waals surface area contributed by atoms with Crippen molar-refractivity contribution in [1.82, 2.24) is 0 Å². The summed E-state index contributed by atoms with van der Waals surface area (Å²) in [5.41, 5.74) is 7.00. The molecule has 1 aromatic heterocycles. The van der Waals surface area contributed by atoms with E-state index in [9.17, 15) is 4.79 Å². The SMILES string of the molecule is Cc1ccc(-c2sc(C=O)c(-c3ccc(C)cc3)c2C)cc1. The lowest BCUT2D eigenvalue weighted by Gasteiger charge is -2.05. The molecule has 0 atom stereocenters. The average Bonchev–Trinajstić information content (AvgIpc) is 2.86. The Morgan fingerprint density at radius 2 is 1.27 bits per heavy atom. The van der Waals surface area contributed by atoms with E-state index in [1.807, 2.05) is 0 Å². The Morgan fingerprint density at radius 3 is 1.77 bits per heavy atom. The predicted molar refractivity (Wildman–Crippen MR) is 94.8 cm³/mol. The minimum atomic E-state index is 0.803. The fourth-order valence-corrected chi connectivity index (χ4v) is 3.83. The van der Waals surface area contributed by atoms with Crippen molar-refractivity contribution in [2.24, 2.45) is 0 Å². The lowest BCUT2D eigenvalue weighted by molar-refractivity contribution is 0.112. The highest BCUT2D eigenvalue weighted by atomic mass is 32.1. The Kier molecular flexibility index (Phi) is 3.95. The van der Waals surface area contributed by atoms with Gasteiger partial charge >= 0.3 is 0 Å². The zero-order valence-electron chi connectivity index (χ0n) is 13.0. The number of benzene rings is 2. The molecule has 0 fully saturated rings. The molecule has 110 valence electrons. The fraction of sp³-hybridized carbons (Fsp3) is 0.150. The topological polar surface area (TPSA) is 17.1 Å². The molecular weight excluding hydrogens is 288 g/mol. The summed E-state index contributed by atoms with van der Waals surface area (Å²) in [7, 11) is 0. The molecule has 3 aromatic rings. The molecule has 0 aliphatic heterocycles. The first-order valence-electron chi connectivity index (χ1n) is 7.33. The molecule has 0 amide bonds. The van der Waals surface area contributed by atoms with Gasteiger partial charge in [-0.05, 0) is 37.5 Å². The number of carbonyl (C=O) groups excluding carboxylic acids is 1. The van der Waals surface area contributed by atoms with Gasteiger partial charge in [-0.15, -0.1) is 11.3 Å². The second-order valence-corrected chi connectivity index (χ2v) is 6.70. The van der Waals surface area contributed by atoms with Crippen LogP contribution in [0.15, 0.2) is 48.5 Å². The number of rotatable bonds is 3. The predicted octanol–water partition coefficient (Wildman–Crippen LogP) is 5.82. The maximum absolute atomic E-state index is 11.5. The largest absolute Gasteiger partial charge is 0.297 e. The molecule has 22 heavy (non-hydrogen) atoms. The van der Waals surface area contributed by atoms with Crippen molar-refractivity contribution in [1.29, 1.82) is 0 Å². The monoisotopic (exact) mass is 306 g/mol. The number of hydrogen-bond acceptors (Lipinski definition) is 2. The summed E-state index contributed by atoms with van der Waals surface area (Å²) in [5.74, 6) is 0. The third kappa shape index (κ3) is 2.62. The van der Waals surface area contributed by atoms with Gasteiger partial charge in [0.05, 0.1) is 4.88 Å². The number of thiophene rings is 1. The molecule has 0 bridgehead atoms. The van der Waals surface area contributed by atoms with Crippen LogP contribution < -0.4 is 0 Å². The van der Waals surface area contributed by atoms with Crippen LogP contribution in [-0.2, 0) is 0 Å². The van der Waals surface area contributed by atoms with E-state index in [2.05, 4.69) is 69.3 Å². The minimum Gasteiger partial charge on any atom is -0.297 e. The van der Waals surface area contributed by atoms with Crippen LogP contribution in [0, 0.1) is 20.8 Å². The first-order chi connectivity index (χ1) is 10.6. The highest BCUT2D eigenvalue weighted by Crippen LogP contribution is 2.41. The smallest absolute Gasteiger partial charge is 0.160 e. The molecule has 0 saturated carbocycles. The second-order valence-electron chi connectivity index (χ2n) is 5.65. The van der Waals surface area contributed by atoms with Crippen molar-refractivity contribution in [3.05, 3.63) is 70.1 Å². The van der Waals surface area contributed by atoms with Crippen LogP contribution in [0.2, 0.25) is 0 Å². The normalized spacial score (nSPS) is 10.7. The molecule has 0 aliphatic rings. The zero-order chi connectivity index (χ0) is 15.7. The Hall–Kier alpha value is -2.19. The van der Waals surface area contributed by atoms with Crippen LogP contribution in [0.1, 0.15) is 26.4 Å². The quantitative estimate of drug-likeness (QED) is 0.557. The number of aryl methyl sites for hydroxylation is 2. The summed E-state index contributed by atoms with van der Waals surface area (Å²) in [6.45, 7) is 6.26. The fourth-order valence-electron chi connectivity index (χ4n) is 2.68. The van der Waals surface area contributed by atoms with E-state index in [-0.39, 0.29) is 0 Å². The van der Waals surface area contributed by atoms with Crippen LogP contribution in [-0.4, -0.2) is 6.29 Å². The lowest BCUT2D eigenvalue weighted by Crippen LogP contribution is -1.85. The second kappa shape index (κ2) is 5.90. The van der Waals surface area contributed by atoms with Crippen LogP contribution in [0.5, 0.6) is 0 Å². The molecule has 0 aliphatic carbocycles. The summed E-state index contributed by atoms with van der Waals surface area (Å²) in [5, 5.41) is 0. The third-order valence-corrected chi connectivity index (χ3v) is 5.20. The molecule has 0 saturated heterocycles. The number of carbonyl (C=O) groups is 1. The van der Waals surface area contributed by atoms with Gasteiger partial charge in [0.1, 0.15) is 0 Å². The molecule has 0 radical (unpaired) electrons. The van der Waals surface area contributed by atoms with E-state index in [4.69, 9.17) is 0 Å². The Labute approximate surface area is 135 Å². The van der Waals surface area contributed by atoms with Crippen LogP contribution in [0.3, 0.4) is 0 Å². The zero-order valence-corrected chi connectivity index (χ0v) is 13.8. The summed E-state index contributed by atoms with van der Waals surface area (Å²) in [4.78, 5) is 13.5. The van der Waals surface area contributed by atoms with Gasteiger partial charge < -0.3 is 0 Å². The van der Waals surface area contributed by atoms with E-state index < -0.39 is 0 Å². The Balaban J connectivity index is 2.17. The van der Waals surface area contributed by atoms with E-state index in [1.165, 1.54) is 27.1 Å². The average molecular weight is 306 g/mol. The van der Waals surface area contributed by atoms with Gasteiger partial charge in [0.25, 0.3) is 0 Å². The van der Waals surface area contributed by atoms with Crippen molar-refractivity contribution in [3.63, 3.8) is 0 Å². The van der Waals surface area contributed by atoms with Crippen molar-refractivity contribution >= 4 is 17.6 Å². The number of aldehydes is 1. The first kappa shape index (κ1) is 14.7. The summed E-state index contributed by atoms with van der Waals surface area (Å²) in [6, 6.07) is 16.8. The van der Waals surface area contributed by atoms with Gasteiger partial charge in [0.15, 0.2) is 6.29 Å². The molecule has 0 unspecified atom stereocenters. The van der Waals surface area contributed by atoms with Crippen LogP contribution in [0.25, 0.3) is 21.6 Å². The minimum absolute atomic E-state index is 0.803. The lowest BCUT2D eigenvalue weighted by atomic mass is 9.98. The Bertz CT molecular complexity index is 808. The van der Waals surface area contributed by atoms with Gasteiger partial charge in [-0.3, -0.25) is 4.79 Å². The maximum atomic E-state index is 11.5. The van der Waals surface area contributed by atoms with E-state index >= 15 is 0 Å². The highest BCUT2D eigenvalue weighted by Gasteiger charge is 2.17. The number of hydrogen-bond donors (Lipinski definition) is 0. The molecule has 2 heteroatoms. The van der Waals surface area contributed by atoms with Crippen LogP contribution in [0.4, 0.5) is 0 Å². The molecule has 2 aromatic carbocycles. The van der Waals surface area contributed by atoms with Gasteiger partial charge in [0, 0.05) is 10.4 Å².